The monoisotopic (exact) mass is 160 g/mol. The van der Waals surface area contributed by atoms with Crippen molar-refractivity contribution < 1.29 is 14.0 Å². The van der Waals surface area contributed by atoms with Crippen LogP contribution in [-0.2, 0) is 8.92 Å². The van der Waals surface area contributed by atoms with Gasteiger partial charge in [0.25, 0.3) is 0 Å². The average Bonchev–Trinajstić information content (AvgIpc) is 2.43. The Morgan fingerprint density at radius 2 is 2.30 bits per heavy atom. The van der Waals surface area contributed by atoms with Crippen LogP contribution < -0.4 is 0 Å². The highest BCUT2D eigenvalue weighted by atomic mass is 32.2. The first-order valence-electron chi connectivity index (χ1n) is 3.52. The maximum atomic E-state index is 9.44. The van der Waals surface area contributed by atoms with Crippen molar-refractivity contribution in [1.29, 1.82) is 0 Å². The number of hydrogen-bond donors (Lipinski definition) is 1. The number of hydrogen-bond acceptors (Lipinski definition) is 4. The standard InChI is InChI=1S/C6H8O3S/c7-4-2-1-3-5(8-2)6(4)9-10-3/h2-7H,1H2. The minimum atomic E-state index is -0.365. The molecule has 3 rings (SSSR count). The van der Waals surface area contributed by atoms with Crippen LogP contribution in [0.15, 0.2) is 0 Å². The quantitative estimate of drug-likeness (QED) is 0.504. The molecular formula is C6H8O3S. The van der Waals surface area contributed by atoms with Gasteiger partial charge in [0, 0.05) is 0 Å². The minimum absolute atomic E-state index is 0.0336. The molecule has 0 spiro atoms. The van der Waals surface area contributed by atoms with Gasteiger partial charge in [0.2, 0.25) is 0 Å². The zero-order chi connectivity index (χ0) is 6.72. The van der Waals surface area contributed by atoms with Gasteiger partial charge in [-0.25, -0.2) is 0 Å². The molecule has 3 nitrogen and oxygen atoms in total. The highest BCUT2D eigenvalue weighted by Crippen LogP contribution is 2.49. The van der Waals surface area contributed by atoms with E-state index in [1.807, 2.05) is 0 Å². The van der Waals surface area contributed by atoms with Crippen LogP contribution in [0, 0.1) is 0 Å². The number of fused-ring (bicyclic) bond motifs is 1. The lowest BCUT2D eigenvalue weighted by molar-refractivity contribution is 0.0424. The Labute approximate surface area is 62.9 Å². The Bertz CT molecular complexity index is 172. The Morgan fingerprint density at radius 1 is 1.40 bits per heavy atom. The van der Waals surface area contributed by atoms with Crippen LogP contribution >= 0.6 is 12.0 Å². The van der Waals surface area contributed by atoms with E-state index < -0.39 is 0 Å². The van der Waals surface area contributed by atoms with Crippen LogP contribution in [0.5, 0.6) is 0 Å². The summed E-state index contributed by atoms with van der Waals surface area (Å²) in [7, 11) is 0. The van der Waals surface area contributed by atoms with Gasteiger partial charge in [-0.1, -0.05) is 0 Å². The maximum absolute atomic E-state index is 9.44. The Balaban J connectivity index is 2.00. The summed E-state index contributed by atoms with van der Waals surface area (Å²) in [5, 5.41) is 9.94. The first kappa shape index (κ1) is 5.83. The van der Waals surface area contributed by atoms with Crippen molar-refractivity contribution in [2.45, 2.75) is 36.1 Å². The molecule has 3 heterocycles. The molecule has 3 fully saturated rings. The molecule has 10 heavy (non-hydrogen) atoms. The third-order valence-corrected chi connectivity index (χ3v) is 3.54. The molecule has 0 aromatic carbocycles. The minimum Gasteiger partial charge on any atom is -0.388 e. The lowest BCUT2D eigenvalue weighted by Gasteiger charge is -2.15. The van der Waals surface area contributed by atoms with Crippen molar-refractivity contribution in [3.05, 3.63) is 0 Å². The zero-order valence-electron chi connectivity index (χ0n) is 5.27. The number of ether oxygens (including phenoxy) is 1. The van der Waals surface area contributed by atoms with Crippen LogP contribution in [0.2, 0.25) is 0 Å². The van der Waals surface area contributed by atoms with Gasteiger partial charge in [0.1, 0.15) is 18.3 Å². The predicted octanol–water partition coefficient (Wildman–Crippen LogP) is -0.0660. The summed E-state index contributed by atoms with van der Waals surface area (Å²) in [5.74, 6) is 0. The second kappa shape index (κ2) is 1.69. The fourth-order valence-corrected chi connectivity index (χ4v) is 3.06. The Hall–Kier alpha value is 0.230. The van der Waals surface area contributed by atoms with E-state index in [2.05, 4.69) is 0 Å². The van der Waals surface area contributed by atoms with Gasteiger partial charge >= 0.3 is 0 Å². The Kier molecular flexibility index (Phi) is 0.985. The third-order valence-electron chi connectivity index (χ3n) is 2.49. The Morgan fingerprint density at radius 3 is 3.00 bits per heavy atom. The second-order valence-electron chi connectivity index (χ2n) is 3.06. The molecule has 3 saturated heterocycles. The van der Waals surface area contributed by atoms with Crippen LogP contribution in [0.4, 0.5) is 0 Å². The van der Waals surface area contributed by atoms with Gasteiger partial charge < -0.3 is 14.0 Å². The van der Waals surface area contributed by atoms with Crippen molar-refractivity contribution in [1.82, 2.24) is 0 Å². The van der Waals surface area contributed by atoms with Crippen molar-refractivity contribution in [2.75, 3.05) is 0 Å². The van der Waals surface area contributed by atoms with Crippen molar-refractivity contribution >= 4 is 12.0 Å². The van der Waals surface area contributed by atoms with Crippen LogP contribution in [0.25, 0.3) is 0 Å². The summed E-state index contributed by atoms with van der Waals surface area (Å²) in [6.07, 6.45) is 0.817. The molecule has 0 aromatic heterocycles. The molecule has 56 valence electrons. The van der Waals surface area contributed by atoms with Crippen LogP contribution in [0.1, 0.15) is 6.42 Å². The van der Waals surface area contributed by atoms with Crippen LogP contribution in [0.3, 0.4) is 0 Å². The summed E-state index contributed by atoms with van der Waals surface area (Å²) in [6, 6.07) is 0. The first-order chi connectivity index (χ1) is 4.86. The predicted molar refractivity (Wildman–Crippen MR) is 35.5 cm³/mol. The maximum Gasteiger partial charge on any atom is 0.128 e. The number of rotatable bonds is 0. The molecule has 3 aliphatic heterocycles. The van der Waals surface area contributed by atoms with Gasteiger partial charge in [-0.2, -0.15) is 0 Å². The fourth-order valence-electron chi connectivity index (χ4n) is 1.96. The molecule has 5 atom stereocenters. The fraction of sp³-hybridized carbons (Fsp3) is 1.00. The lowest BCUT2D eigenvalue weighted by Crippen LogP contribution is -2.37. The topological polar surface area (TPSA) is 38.7 Å². The van der Waals surface area contributed by atoms with E-state index in [0.717, 1.165) is 6.42 Å². The highest BCUT2D eigenvalue weighted by Gasteiger charge is 2.59. The summed E-state index contributed by atoms with van der Waals surface area (Å²) in [4.78, 5) is 0. The van der Waals surface area contributed by atoms with Gasteiger partial charge in [-0.3, -0.25) is 0 Å². The van der Waals surface area contributed by atoms with E-state index >= 15 is 0 Å². The van der Waals surface area contributed by atoms with Crippen molar-refractivity contribution in [3.8, 4) is 0 Å². The third kappa shape index (κ3) is 0.504. The number of aliphatic hydroxyl groups excluding tert-OH is 1. The molecule has 2 bridgehead atoms. The summed E-state index contributed by atoms with van der Waals surface area (Å²) < 4.78 is 10.8. The highest BCUT2D eigenvalue weighted by molar-refractivity contribution is 7.95. The molecule has 4 heteroatoms. The molecule has 0 amide bonds. The molecule has 0 aromatic rings. The van der Waals surface area contributed by atoms with Crippen molar-refractivity contribution in [3.63, 3.8) is 0 Å². The van der Waals surface area contributed by atoms with Crippen LogP contribution in [-0.4, -0.2) is 34.8 Å². The molecule has 0 aliphatic carbocycles. The second-order valence-corrected chi connectivity index (χ2v) is 4.05. The summed E-state index contributed by atoms with van der Waals surface area (Å²) in [5.41, 5.74) is 0. The van der Waals surface area contributed by atoms with E-state index in [0.29, 0.717) is 5.25 Å². The lowest BCUT2D eigenvalue weighted by atomic mass is 9.95. The number of aliphatic hydroxyl groups is 1. The van der Waals surface area contributed by atoms with Gasteiger partial charge in [0.05, 0.1) is 11.4 Å². The van der Waals surface area contributed by atoms with E-state index in [1.54, 1.807) is 0 Å². The SMILES string of the molecule is OC1C2CC3SOC1C3O2. The molecule has 5 unspecified atom stereocenters. The van der Waals surface area contributed by atoms with E-state index in [9.17, 15) is 5.11 Å². The van der Waals surface area contributed by atoms with E-state index in [4.69, 9.17) is 8.92 Å². The van der Waals surface area contributed by atoms with Gasteiger partial charge in [-0.05, 0) is 18.5 Å². The van der Waals surface area contributed by atoms with E-state index in [1.165, 1.54) is 12.0 Å². The average molecular weight is 160 g/mol. The molecule has 3 aliphatic rings. The van der Waals surface area contributed by atoms with Crippen molar-refractivity contribution in [2.24, 2.45) is 0 Å². The largest absolute Gasteiger partial charge is 0.388 e. The van der Waals surface area contributed by atoms with Gasteiger partial charge in [-0.15, -0.1) is 0 Å². The smallest absolute Gasteiger partial charge is 0.128 e. The molecule has 0 saturated carbocycles. The van der Waals surface area contributed by atoms with E-state index in [-0.39, 0.29) is 24.4 Å². The molecule has 1 N–H and O–H groups in total. The molecular weight excluding hydrogens is 152 g/mol. The summed E-state index contributed by atoms with van der Waals surface area (Å²) in [6.45, 7) is 0. The summed E-state index contributed by atoms with van der Waals surface area (Å²) >= 11 is 1.48. The first-order valence-corrected chi connectivity index (χ1v) is 4.32. The normalized spacial score (nSPS) is 63.9. The zero-order valence-corrected chi connectivity index (χ0v) is 6.08. The van der Waals surface area contributed by atoms with Gasteiger partial charge in [0.15, 0.2) is 0 Å². The molecule has 0 radical (unpaired) electrons.